The Balaban J connectivity index is 2.10. The molecule has 1 aromatic carbocycles. The lowest BCUT2D eigenvalue weighted by atomic mass is 10.0. The van der Waals surface area contributed by atoms with Crippen LogP contribution in [-0.4, -0.2) is 16.2 Å². The molecular formula is C13H17N3S2. The van der Waals surface area contributed by atoms with Crippen molar-refractivity contribution < 1.29 is 0 Å². The summed E-state index contributed by atoms with van der Waals surface area (Å²) in [6, 6.07) is 6.79. The third-order valence-corrected chi connectivity index (χ3v) is 4.75. The van der Waals surface area contributed by atoms with E-state index in [-0.39, 0.29) is 6.04 Å². The molecule has 0 aliphatic carbocycles. The predicted molar refractivity (Wildman–Crippen MR) is 77.2 cm³/mol. The number of nitrogens with two attached hydrogens (primary N) is 1. The summed E-state index contributed by atoms with van der Waals surface area (Å²) >= 11 is 3.23. The standard InChI is InChI=1S/C13H17N3S2/c1-3-11(14)7-10-4-5-12(9(2)6-10)18-13-16-15-8-17-13/h4-6,8,11H,3,7,14H2,1-2H3. The molecule has 0 amide bonds. The van der Waals surface area contributed by atoms with Crippen molar-refractivity contribution in [2.75, 3.05) is 0 Å². The van der Waals surface area contributed by atoms with E-state index in [0.29, 0.717) is 0 Å². The van der Waals surface area contributed by atoms with Crippen LogP contribution in [0.1, 0.15) is 24.5 Å². The first-order chi connectivity index (χ1) is 8.69. The van der Waals surface area contributed by atoms with Crippen LogP contribution >= 0.6 is 23.1 Å². The Kier molecular flexibility index (Phi) is 4.74. The van der Waals surface area contributed by atoms with Crippen molar-refractivity contribution in [3.63, 3.8) is 0 Å². The van der Waals surface area contributed by atoms with Crippen molar-refractivity contribution in [1.82, 2.24) is 10.2 Å². The number of aromatic nitrogens is 2. The van der Waals surface area contributed by atoms with E-state index in [0.717, 1.165) is 17.2 Å². The molecule has 96 valence electrons. The van der Waals surface area contributed by atoms with Crippen LogP contribution in [0.2, 0.25) is 0 Å². The Hall–Kier alpha value is -0.910. The molecule has 0 bridgehead atoms. The van der Waals surface area contributed by atoms with Gasteiger partial charge in [-0.05, 0) is 37.0 Å². The van der Waals surface area contributed by atoms with Gasteiger partial charge in [-0.1, -0.05) is 42.2 Å². The Labute approximate surface area is 116 Å². The molecule has 0 radical (unpaired) electrons. The van der Waals surface area contributed by atoms with Gasteiger partial charge in [0.25, 0.3) is 0 Å². The van der Waals surface area contributed by atoms with Crippen molar-refractivity contribution in [2.45, 2.75) is 42.0 Å². The molecule has 0 fully saturated rings. The monoisotopic (exact) mass is 279 g/mol. The number of benzene rings is 1. The van der Waals surface area contributed by atoms with Crippen LogP contribution in [0.25, 0.3) is 0 Å². The molecule has 2 N–H and O–H groups in total. The Morgan fingerprint density at radius 3 is 2.89 bits per heavy atom. The topological polar surface area (TPSA) is 51.8 Å². The van der Waals surface area contributed by atoms with E-state index in [1.165, 1.54) is 16.0 Å². The van der Waals surface area contributed by atoms with Crippen LogP contribution in [0, 0.1) is 6.92 Å². The lowest BCUT2D eigenvalue weighted by Crippen LogP contribution is -2.21. The molecule has 0 saturated carbocycles. The van der Waals surface area contributed by atoms with E-state index < -0.39 is 0 Å². The van der Waals surface area contributed by atoms with Crippen LogP contribution in [-0.2, 0) is 6.42 Å². The number of aryl methyl sites for hydroxylation is 1. The number of nitrogens with zero attached hydrogens (tertiary/aromatic N) is 2. The number of rotatable bonds is 5. The molecular weight excluding hydrogens is 262 g/mol. The molecule has 0 aliphatic heterocycles. The fourth-order valence-corrected chi connectivity index (χ4v) is 3.20. The zero-order chi connectivity index (χ0) is 13.0. The third kappa shape index (κ3) is 3.54. The van der Waals surface area contributed by atoms with Crippen LogP contribution < -0.4 is 5.73 Å². The summed E-state index contributed by atoms with van der Waals surface area (Å²) in [7, 11) is 0. The molecule has 1 heterocycles. The maximum Gasteiger partial charge on any atom is 0.178 e. The summed E-state index contributed by atoms with van der Waals surface area (Å²) in [5.41, 5.74) is 10.3. The minimum atomic E-state index is 0.256. The second kappa shape index (κ2) is 6.31. The Bertz CT molecular complexity index is 497. The highest BCUT2D eigenvalue weighted by atomic mass is 32.2. The minimum Gasteiger partial charge on any atom is -0.327 e. The van der Waals surface area contributed by atoms with Gasteiger partial charge in [0, 0.05) is 10.9 Å². The van der Waals surface area contributed by atoms with Gasteiger partial charge in [0.2, 0.25) is 0 Å². The fraction of sp³-hybridized carbons (Fsp3) is 0.385. The van der Waals surface area contributed by atoms with Gasteiger partial charge in [-0.3, -0.25) is 0 Å². The average molecular weight is 279 g/mol. The van der Waals surface area contributed by atoms with E-state index in [1.54, 1.807) is 28.6 Å². The molecule has 1 aromatic heterocycles. The highest BCUT2D eigenvalue weighted by Gasteiger charge is 2.07. The molecule has 0 saturated heterocycles. The van der Waals surface area contributed by atoms with Gasteiger partial charge in [-0.25, -0.2) is 0 Å². The Morgan fingerprint density at radius 2 is 2.28 bits per heavy atom. The van der Waals surface area contributed by atoms with E-state index in [4.69, 9.17) is 5.73 Å². The quantitative estimate of drug-likeness (QED) is 0.912. The predicted octanol–water partition coefficient (Wildman–Crippen LogP) is 3.28. The van der Waals surface area contributed by atoms with Gasteiger partial charge in [-0.15, -0.1) is 10.2 Å². The maximum absolute atomic E-state index is 5.98. The SMILES string of the molecule is CCC(N)Cc1ccc(Sc2nncs2)c(C)c1. The average Bonchev–Trinajstić information content (AvgIpc) is 2.85. The van der Waals surface area contributed by atoms with Crippen molar-refractivity contribution >= 4 is 23.1 Å². The maximum atomic E-state index is 5.98. The third-order valence-electron chi connectivity index (χ3n) is 2.80. The van der Waals surface area contributed by atoms with Crippen LogP contribution in [0.15, 0.2) is 32.9 Å². The molecule has 18 heavy (non-hydrogen) atoms. The lowest BCUT2D eigenvalue weighted by molar-refractivity contribution is 0.646. The molecule has 0 spiro atoms. The molecule has 0 aliphatic rings. The summed E-state index contributed by atoms with van der Waals surface area (Å²) in [4.78, 5) is 1.24. The number of hydrogen-bond donors (Lipinski definition) is 1. The summed E-state index contributed by atoms with van der Waals surface area (Å²) < 4.78 is 0.983. The van der Waals surface area contributed by atoms with E-state index in [2.05, 4.69) is 42.2 Å². The van der Waals surface area contributed by atoms with Crippen LogP contribution in [0.4, 0.5) is 0 Å². The molecule has 3 nitrogen and oxygen atoms in total. The Morgan fingerprint density at radius 1 is 1.44 bits per heavy atom. The zero-order valence-electron chi connectivity index (χ0n) is 10.6. The summed E-state index contributed by atoms with van der Waals surface area (Å²) in [5.74, 6) is 0. The van der Waals surface area contributed by atoms with E-state index in [1.807, 2.05) is 0 Å². The summed E-state index contributed by atoms with van der Waals surface area (Å²) in [6.07, 6.45) is 1.96. The first kappa shape index (κ1) is 13.5. The van der Waals surface area contributed by atoms with Gasteiger partial charge < -0.3 is 5.73 Å². The molecule has 1 unspecified atom stereocenters. The highest BCUT2D eigenvalue weighted by molar-refractivity contribution is 8.01. The molecule has 2 aromatic rings. The molecule has 5 heteroatoms. The van der Waals surface area contributed by atoms with E-state index in [9.17, 15) is 0 Å². The normalized spacial score (nSPS) is 12.6. The van der Waals surface area contributed by atoms with Gasteiger partial charge in [0.15, 0.2) is 4.34 Å². The molecule has 1 atom stereocenters. The van der Waals surface area contributed by atoms with Crippen molar-refractivity contribution in [3.05, 3.63) is 34.8 Å². The van der Waals surface area contributed by atoms with Gasteiger partial charge in [0.1, 0.15) is 5.51 Å². The fourth-order valence-electron chi connectivity index (χ4n) is 1.70. The van der Waals surface area contributed by atoms with Gasteiger partial charge in [0.05, 0.1) is 0 Å². The van der Waals surface area contributed by atoms with Gasteiger partial charge >= 0.3 is 0 Å². The number of hydrogen-bond acceptors (Lipinski definition) is 5. The van der Waals surface area contributed by atoms with Crippen LogP contribution in [0.5, 0.6) is 0 Å². The first-order valence-corrected chi connectivity index (χ1v) is 7.67. The zero-order valence-corrected chi connectivity index (χ0v) is 12.2. The second-order valence-electron chi connectivity index (χ2n) is 4.28. The van der Waals surface area contributed by atoms with Crippen molar-refractivity contribution in [1.29, 1.82) is 0 Å². The summed E-state index contributed by atoms with van der Waals surface area (Å²) in [5, 5.41) is 7.90. The van der Waals surface area contributed by atoms with Crippen molar-refractivity contribution in [3.8, 4) is 0 Å². The first-order valence-electron chi connectivity index (χ1n) is 5.98. The summed E-state index contributed by atoms with van der Waals surface area (Å²) in [6.45, 7) is 4.25. The van der Waals surface area contributed by atoms with E-state index >= 15 is 0 Å². The smallest absolute Gasteiger partial charge is 0.178 e. The molecule has 2 rings (SSSR count). The van der Waals surface area contributed by atoms with Crippen LogP contribution in [0.3, 0.4) is 0 Å². The highest BCUT2D eigenvalue weighted by Crippen LogP contribution is 2.31. The lowest BCUT2D eigenvalue weighted by Gasteiger charge is -2.10. The second-order valence-corrected chi connectivity index (χ2v) is 6.40. The largest absolute Gasteiger partial charge is 0.327 e. The van der Waals surface area contributed by atoms with Crippen molar-refractivity contribution in [2.24, 2.45) is 5.73 Å². The minimum absolute atomic E-state index is 0.256. The van der Waals surface area contributed by atoms with Gasteiger partial charge in [-0.2, -0.15) is 0 Å².